The van der Waals surface area contributed by atoms with Gasteiger partial charge in [-0.15, -0.1) is 0 Å². The van der Waals surface area contributed by atoms with Gasteiger partial charge in [0, 0.05) is 12.8 Å². The number of carbonyl (C=O) groups excluding carboxylic acids is 3. The molecule has 1 unspecified atom stereocenters. The number of allylic oxidation sites excluding steroid dienone is 21. The Labute approximate surface area is 436 Å². The third-order valence-electron chi connectivity index (χ3n) is 11.7. The molecular weight excluding hydrogens is 877 g/mol. The summed E-state index contributed by atoms with van der Waals surface area (Å²) in [6.07, 6.45) is 82.1. The van der Waals surface area contributed by atoms with Crippen LogP contribution in [0.3, 0.4) is 0 Å². The van der Waals surface area contributed by atoms with Gasteiger partial charge in [-0.05, 0) is 103 Å². The normalized spacial score (nSPS) is 13.1. The maximum absolute atomic E-state index is 12.8. The molecule has 400 valence electrons. The molecule has 0 aliphatic carbocycles. The molecule has 0 saturated carbocycles. The third kappa shape index (κ3) is 56.3. The van der Waals surface area contributed by atoms with Gasteiger partial charge in [-0.3, -0.25) is 14.4 Å². The molecule has 0 heterocycles. The summed E-state index contributed by atoms with van der Waals surface area (Å²) < 4.78 is 16.6. The Hall–Kier alpha value is -4.45. The van der Waals surface area contributed by atoms with Crippen LogP contribution in [0.25, 0.3) is 0 Å². The first-order chi connectivity index (χ1) is 35.0. The highest BCUT2D eigenvalue weighted by Crippen LogP contribution is 2.15. The quantitative estimate of drug-likeness (QED) is 0.0262. The maximum atomic E-state index is 12.8. The van der Waals surface area contributed by atoms with Crippen molar-refractivity contribution in [1.29, 1.82) is 0 Å². The number of hydrogen-bond acceptors (Lipinski definition) is 6. The summed E-state index contributed by atoms with van der Waals surface area (Å²) in [5.41, 5.74) is 0. The fourth-order valence-corrected chi connectivity index (χ4v) is 7.44. The number of rotatable bonds is 50. The van der Waals surface area contributed by atoms with Crippen molar-refractivity contribution in [1.82, 2.24) is 0 Å². The lowest BCUT2D eigenvalue weighted by atomic mass is 10.0. The van der Waals surface area contributed by atoms with E-state index in [4.69, 9.17) is 14.2 Å². The van der Waals surface area contributed by atoms with E-state index in [2.05, 4.69) is 130 Å². The predicted octanol–water partition coefficient (Wildman–Crippen LogP) is 19.4. The average Bonchev–Trinajstić information content (AvgIpc) is 3.37. The molecule has 0 aromatic rings. The van der Waals surface area contributed by atoms with E-state index < -0.39 is 12.1 Å². The lowest BCUT2D eigenvalue weighted by Crippen LogP contribution is -2.30. The highest BCUT2D eigenvalue weighted by atomic mass is 16.6. The van der Waals surface area contributed by atoms with Crippen LogP contribution < -0.4 is 0 Å². The smallest absolute Gasteiger partial charge is 0.310 e. The van der Waals surface area contributed by atoms with Crippen molar-refractivity contribution in [3.8, 4) is 0 Å². The molecule has 0 spiro atoms. The lowest BCUT2D eigenvalue weighted by molar-refractivity contribution is -0.166. The third-order valence-corrected chi connectivity index (χ3v) is 11.7. The van der Waals surface area contributed by atoms with Crippen molar-refractivity contribution in [2.24, 2.45) is 0 Å². The van der Waals surface area contributed by atoms with Crippen molar-refractivity contribution < 1.29 is 28.6 Å². The topological polar surface area (TPSA) is 78.9 Å². The molecule has 6 nitrogen and oxygen atoms in total. The van der Waals surface area contributed by atoms with E-state index in [9.17, 15) is 14.4 Å². The number of esters is 3. The molecule has 0 aliphatic rings. The molecule has 0 radical (unpaired) electrons. The Morgan fingerprint density at radius 1 is 0.310 bits per heavy atom. The maximum Gasteiger partial charge on any atom is 0.310 e. The minimum atomic E-state index is -0.866. The summed E-state index contributed by atoms with van der Waals surface area (Å²) in [7, 11) is 0. The Morgan fingerprint density at radius 2 is 0.620 bits per heavy atom. The van der Waals surface area contributed by atoms with Crippen molar-refractivity contribution in [2.75, 3.05) is 13.2 Å². The molecule has 6 heteroatoms. The summed E-state index contributed by atoms with van der Waals surface area (Å²) in [4.78, 5) is 38.0. The first-order valence-electron chi connectivity index (χ1n) is 28.7. The highest BCUT2D eigenvalue weighted by Gasteiger charge is 2.19. The van der Waals surface area contributed by atoms with E-state index >= 15 is 0 Å². The Balaban J connectivity index is 4.43. The van der Waals surface area contributed by atoms with E-state index in [0.717, 1.165) is 77.0 Å². The largest absolute Gasteiger partial charge is 0.462 e. The average molecular weight is 982 g/mol. The predicted molar refractivity (Wildman–Crippen MR) is 306 cm³/mol. The van der Waals surface area contributed by atoms with Gasteiger partial charge in [0.05, 0.1) is 6.42 Å². The lowest BCUT2D eigenvalue weighted by Gasteiger charge is -2.18. The zero-order valence-electron chi connectivity index (χ0n) is 45.7. The van der Waals surface area contributed by atoms with Gasteiger partial charge in [-0.2, -0.15) is 0 Å². The van der Waals surface area contributed by atoms with Crippen molar-refractivity contribution in [3.63, 3.8) is 0 Å². The van der Waals surface area contributed by atoms with Gasteiger partial charge in [0.15, 0.2) is 6.10 Å². The van der Waals surface area contributed by atoms with Crippen LogP contribution in [-0.4, -0.2) is 37.2 Å². The summed E-state index contributed by atoms with van der Waals surface area (Å²) in [6.45, 7) is 6.24. The van der Waals surface area contributed by atoms with Gasteiger partial charge >= 0.3 is 17.9 Å². The van der Waals surface area contributed by atoms with E-state index in [-0.39, 0.29) is 38.0 Å². The molecule has 0 N–H and O–H groups in total. The minimum Gasteiger partial charge on any atom is -0.462 e. The van der Waals surface area contributed by atoms with E-state index in [0.29, 0.717) is 19.3 Å². The van der Waals surface area contributed by atoms with Crippen LogP contribution in [0.5, 0.6) is 0 Å². The van der Waals surface area contributed by atoms with Crippen molar-refractivity contribution >= 4 is 17.9 Å². The van der Waals surface area contributed by atoms with Crippen LogP contribution >= 0.6 is 0 Å². The molecule has 0 aromatic heterocycles. The summed E-state index contributed by atoms with van der Waals surface area (Å²) in [6, 6.07) is 0. The van der Waals surface area contributed by atoms with Gasteiger partial charge in [0.25, 0.3) is 0 Å². The molecular formula is C65H104O6. The van der Waals surface area contributed by atoms with E-state index in [1.807, 2.05) is 18.2 Å². The van der Waals surface area contributed by atoms with Crippen LogP contribution in [0, 0.1) is 0 Å². The molecule has 0 bridgehead atoms. The summed E-state index contributed by atoms with van der Waals surface area (Å²) >= 11 is 0. The van der Waals surface area contributed by atoms with Crippen LogP contribution in [-0.2, 0) is 28.6 Å². The number of carbonyl (C=O) groups is 3. The van der Waals surface area contributed by atoms with Crippen LogP contribution in [0.15, 0.2) is 134 Å². The summed E-state index contributed by atoms with van der Waals surface area (Å²) in [5, 5.41) is 0. The van der Waals surface area contributed by atoms with Crippen LogP contribution in [0.4, 0.5) is 0 Å². The monoisotopic (exact) mass is 981 g/mol. The first kappa shape index (κ1) is 66.6. The molecule has 0 aromatic carbocycles. The Morgan fingerprint density at radius 3 is 1.01 bits per heavy atom. The molecule has 71 heavy (non-hydrogen) atoms. The summed E-state index contributed by atoms with van der Waals surface area (Å²) in [5.74, 6) is -1.16. The van der Waals surface area contributed by atoms with E-state index in [1.54, 1.807) is 6.08 Å². The number of hydrogen-bond donors (Lipinski definition) is 0. The second-order valence-electron chi connectivity index (χ2n) is 18.4. The van der Waals surface area contributed by atoms with Gasteiger partial charge in [0.2, 0.25) is 0 Å². The zero-order valence-corrected chi connectivity index (χ0v) is 45.7. The van der Waals surface area contributed by atoms with Gasteiger partial charge in [-0.1, -0.05) is 251 Å². The highest BCUT2D eigenvalue weighted by molar-refractivity contribution is 5.72. The zero-order chi connectivity index (χ0) is 51.4. The Kier molecular flexibility index (Phi) is 54.5. The van der Waals surface area contributed by atoms with Crippen LogP contribution in [0.1, 0.15) is 239 Å². The van der Waals surface area contributed by atoms with Crippen molar-refractivity contribution in [2.45, 2.75) is 245 Å². The van der Waals surface area contributed by atoms with E-state index in [1.165, 1.54) is 109 Å². The molecule has 0 saturated heterocycles. The van der Waals surface area contributed by atoms with Gasteiger partial charge in [0.1, 0.15) is 13.2 Å². The van der Waals surface area contributed by atoms with Gasteiger partial charge < -0.3 is 14.2 Å². The second kappa shape index (κ2) is 58.1. The number of ether oxygens (including phenoxy) is 3. The first-order valence-corrected chi connectivity index (χ1v) is 28.7. The fourth-order valence-electron chi connectivity index (χ4n) is 7.44. The van der Waals surface area contributed by atoms with Crippen molar-refractivity contribution in [3.05, 3.63) is 134 Å². The molecule has 0 amide bonds. The molecule has 0 rings (SSSR count). The standard InChI is InChI=1S/C65H104O6/c1-4-7-10-13-16-19-22-25-27-28-29-30-31-32-33-34-35-36-38-40-43-46-49-52-55-58-64(67)70-61-62(60-69-63(66)57-54-51-48-45-42-39-24-21-18-15-12-9-6-3)71-65(68)59-56-53-50-47-44-41-37-26-23-20-17-14-11-8-5-2/h8-9,11-12,17-18,20-22,25-26,28-29,37,39,42,44,47-48,51,53,56,62H,4-7,10,13-16,19,23-24,27,30-36,38,40-41,43,45-46,49-50,52,54-55,57-61H2,1-3H3/b11-8-,12-9-,20-17-,21-18-,25-22-,29-28-,37-26-,42-39-,47-44-,51-48-,56-53-. The Bertz CT molecular complexity index is 1550. The van der Waals surface area contributed by atoms with Gasteiger partial charge in [-0.25, -0.2) is 0 Å². The molecule has 0 aliphatic heterocycles. The fraction of sp³-hybridized carbons (Fsp3) is 0.615. The second-order valence-corrected chi connectivity index (χ2v) is 18.4. The minimum absolute atomic E-state index is 0.0774. The SMILES string of the molecule is CC/C=C\C/C=C\C/C=C\C/C=C\C/C=C\CC(=O)OC(COC(=O)CC/C=C\C/C=C\C/C=C\C/C=C\CC)COC(=O)CCCCCCCCCCCCCCC/C=C\C/C=C\CCCCCCC. The number of unbranched alkanes of at least 4 members (excludes halogenated alkanes) is 18. The molecule has 0 fully saturated rings. The van der Waals surface area contributed by atoms with Crippen LogP contribution in [0.2, 0.25) is 0 Å². The molecule has 1 atom stereocenters.